The molecule has 0 radical (unpaired) electrons. The molecule has 0 aliphatic heterocycles. The summed E-state index contributed by atoms with van der Waals surface area (Å²) < 4.78 is 0. The molecule has 23 heavy (non-hydrogen) atoms. The van der Waals surface area contributed by atoms with Crippen molar-refractivity contribution in [3.05, 3.63) is 65.7 Å². The van der Waals surface area contributed by atoms with Crippen molar-refractivity contribution < 1.29 is 9.90 Å². The number of anilines is 1. The van der Waals surface area contributed by atoms with Gasteiger partial charge in [0, 0.05) is 5.69 Å². The summed E-state index contributed by atoms with van der Waals surface area (Å²) in [4.78, 5) is 12.3. The Labute approximate surface area is 137 Å². The molecule has 2 aromatic carbocycles. The van der Waals surface area contributed by atoms with Crippen LogP contribution < -0.4 is 10.6 Å². The summed E-state index contributed by atoms with van der Waals surface area (Å²) in [6.45, 7) is 6.15. The lowest BCUT2D eigenvalue weighted by molar-refractivity contribution is 0.225. The van der Waals surface area contributed by atoms with E-state index in [-0.39, 0.29) is 18.1 Å². The predicted molar refractivity (Wildman–Crippen MR) is 93.6 cm³/mol. The summed E-state index contributed by atoms with van der Waals surface area (Å²) in [5.41, 5.74) is 2.64. The molecule has 0 aliphatic carbocycles. The Balaban J connectivity index is 2.11. The van der Waals surface area contributed by atoms with Gasteiger partial charge >= 0.3 is 6.03 Å². The Morgan fingerprint density at radius 2 is 1.65 bits per heavy atom. The van der Waals surface area contributed by atoms with Crippen LogP contribution in [0.1, 0.15) is 37.9 Å². The van der Waals surface area contributed by atoms with E-state index in [1.54, 1.807) is 0 Å². The van der Waals surface area contributed by atoms with Crippen molar-refractivity contribution in [1.29, 1.82) is 0 Å². The second-order valence-corrected chi connectivity index (χ2v) is 6.54. The predicted octanol–water partition coefficient (Wildman–Crippen LogP) is 3.84. The van der Waals surface area contributed by atoms with Crippen LogP contribution in [0, 0.1) is 0 Å². The lowest BCUT2D eigenvalue weighted by Gasteiger charge is -2.24. The van der Waals surface area contributed by atoms with Gasteiger partial charge in [0.1, 0.15) is 0 Å². The lowest BCUT2D eigenvalue weighted by atomic mass is 9.86. The van der Waals surface area contributed by atoms with Crippen LogP contribution in [0.2, 0.25) is 0 Å². The first-order valence-electron chi connectivity index (χ1n) is 7.74. The monoisotopic (exact) mass is 312 g/mol. The fourth-order valence-electron chi connectivity index (χ4n) is 2.48. The second kappa shape index (κ2) is 7.29. The summed E-state index contributed by atoms with van der Waals surface area (Å²) in [6, 6.07) is 16.4. The van der Waals surface area contributed by atoms with E-state index in [0.717, 1.165) is 16.8 Å². The number of urea groups is 1. The van der Waals surface area contributed by atoms with Crippen LogP contribution >= 0.6 is 0 Å². The first-order chi connectivity index (χ1) is 10.9. The topological polar surface area (TPSA) is 61.4 Å². The Morgan fingerprint density at radius 1 is 1.04 bits per heavy atom. The maximum Gasteiger partial charge on any atom is 0.319 e. The van der Waals surface area contributed by atoms with Gasteiger partial charge in [-0.15, -0.1) is 0 Å². The highest BCUT2D eigenvalue weighted by Gasteiger charge is 2.19. The molecule has 1 atom stereocenters. The number of hydrogen-bond donors (Lipinski definition) is 3. The van der Waals surface area contributed by atoms with E-state index in [2.05, 4.69) is 31.4 Å². The second-order valence-electron chi connectivity index (χ2n) is 6.54. The zero-order chi connectivity index (χ0) is 16.9. The molecule has 0 fully saturated rings. The van der Waals surface area contributed by atoms with Gasteiger partial charge in [-0.05, 0) is 22.6 Å². The molecule has 3 N–H and O–H groups in total. The molecule has 1 unspecified atom stereocenters. The average molecular weight is 312 g/mol. The number of carbonyl (C=O) groups excluding carboxylic acids is 1. The zero-order valence-electron chi connectivity index (χ0n) is 13.8. The molecule has 0 saturated heterocycles. The van der Waals surface area contributed by atoms with Gasteiger partial charge in [-0.2, -0.15) is 0 Å². The number of benzene rings is 2. The molecule has 0 aliphatic rings. The minimum absolute atomic E-state index is 0.0698. The highest BCUT2D eigenvalue weighted by molar-refractivity contribution is 5.90. The SMILES string of the molecule is CC(C)(C)c1ccccc1NC(=O)NC(CO)c1ccccc1. The first kappa shape index (κ1) is 17.0. The highest BCUT2D eigenvalue weighted by atomic mass is 16.3. The van der Waals surface area contributed by atoms with E-state index in [4.69, 9.17) is 0 Å². The molecule has 4 heteroatoms. The van der Waals surface area contributed by atoms with E-state index in [0.29, 0.717) is 0 Å². The molecule has 4 nitrogen and oxygen atoms in total. The maximum atomic E-state index is 12.3. The van der Waals surface area contributed by atoms with Crippen LogP contribution in [0.5, 0.6) is 0 Å². The lowest BCUT2D eigenvalue weighted by Crippen LogP contribution is -2.35. The van der Waals surface area contributed by atoms with Crippen LogP contribution in [0.4, 0.5) is 10.5 Å². The van der Waals surface area contributed by atoms with Crippen LogP contribution in [0.3, 0.4) is 0 Å². The number of amides is 2. The van der Waals surface area contributed by atoms with Gasteiger partial charge in [-0.1, -0.05) is 69.3 Å². The smallest absolute Gasteiger partial charge is 0.319 e. The molecular weight excluding hydrogens is 288 g/mol. The van der Waals surface area contributed by atoms with Crippen molar-refractivity contribution in [3.63, 3.8) is 0 Å². The zero-order valence-corrected chi connectivity index (χ0v) is 13.8. The van der Waals surface area contributed by atoms with Gasteiger partial charge in [-0.3, -0.25) is 0 Å². The quantitative estimate of drug-likeness (QED) is 0.803. The van der Waals surface area contributed by atoms with Gasteiger partial charge in [0.05, 0.1) is 12.6 Å². The molecule has 0 bridgehead atoms. The molecule has 0 heterocycles. The van der Waals surface area contributed by atoms with Gasteiger partial charge in [0.2, 0.25) is 0 Å². The minimum Gasteiger partial charge on any atom is -0.394 e. The molecule has 2 amide bonds. The molecule has 0 saturated carbocycles. The number of aliphatic hydroxyl groups is 1. The fraction of sp³-hybridized carbons (Fsp3) is 0.316. The molecule has 2 aromatic rings. The molecule has 0 spiro atoms. The third-order valence-corrected chi connectivity index (χ3v) is 3.67. The van der Waals surface area contributed by atoms with Crippen LogP contribution in [-0.4, -0.2) is 17.7 Å². The highest BCUT2D eigenvalue weighted by Crippen LogP contribution is 2.29. The molecule has 2 rings (SSSR count). The maximum absolute atomic E-state index is 12.3. The molecular formula is C19H24N2O2. The van der Waals surface area contributed by atoms with Crippen molar-refractivity contribution in [2.75, 3.05) is 11.9 Å². The number of rotatable bonds is 4. The van der Waals surface area contributed by atoms with Crippen LogP contribution in [-0.2, 0) is 5.41 Å². The summed E-state index contributed by atoms with van der Waals surface area (Å²) in [7, 11) is 0. The number of para-hydroxylation sites is 1. The van der Waals surface area contributed by atoms with Crippen LogP contribution in [0.25, 0.3) is 0 Å². The number of hydrogen-bond acceptors (Lipinski definition) is 2. The Bertz CT molecular complexity index is 648. The van der Waals surface area contributed by atoms with Gasteiger partial charge in [0.15, 0.2) is 0 Å². The Morgan fingerprint density at radius 3 is 2.26 bits per heavy atom. The standard InChI is InChI=1S/C19H24N2O2/c1-19(2,3)15-11-7-8-12-16(15)20-18(23)21-17(13-22)14-9-5-4-6-10-14/h4-12,17,22H,13H2,1-3H3,(H2,20,21,23). The van der Waals surface area contributed by atoms with Crippen LogP contribution in [0.15, 0.2) is 54.6 Å². The van der Waals surface area contributed by atoms with Gasteiger partial charge in [-0.25, -0.2) is 4.79 Å². The van der Waals surface area contributed by atoms with Gasteiger partial charge < -0.3 is 15.7 Å². The third kappa shape index (κ3) is 4.57. The van der Waals surface area contributed by atoms with E-state index in [1.807, 2.05) is 54.6 Å². The average Bonchev–Trinajstić information content (AvgIpc) is 2.53. The number of nitrogens with one attached hydrogen (secondary N) is 2. The van der Waals surface area contributed by atoms with E-state index in [9.17, 15) is 9.90 Å². The van der Waals surface area contributed by atoms with E-state index >= 15 is 0 Å². The van der Waals surface area contributed by atoms with E-state index < -0.39 is 6.04 Å². The van der Waals surface area contributed by atoms with Gasteiger partial charge in [0.25, 0.3) is 0 Å². The largest absolute Gasteiger partial charge is 0.394 e. The third-order valence-electron chi connectivity index (χ3n) is 3.67. The van der Waals surface area contributed by atoms with Crippen molar-refractivity contribution >= 4 is 11.7 Å². The van der Waals surface area contributed by atoms with E-state index in [1.165, 1.54) is 0 Å². The molecule has 0 aromatic heterocycles. The summed E-state index contributed by atoms with van der Waals surface area (Å²) in [6.07, 6.45) is 0. The summed E-state index contributed by atoms with van der Waals surface area (Å²) >= 11 is 0. The summed E-state index contributed by atoms with van der Waals surface area (Å²) in [5.74, 6) is 0. The number of aliphatic hydroxyl groups excluding tert-OH is 1. The summed E-state index contributed by atoms with van der Waals surface area (Å²) in [5, 5.41) is 15.2. The van der Waals surface area contributed by atoms with Crippen molar-refractivity contribution in [1.82, 2.24) is 5.32 Å². The minimum atomic E-state index is -0.432. The van der Waals surface area contributed by atoms with Crippen molar-refractivity contribution in [3.8, 4) is 0 Å². The van der Waals surface area contributed by atoms with Crippen molar-refractivity contribution in [2.24, 2.45) is 0 Å². The number of carbonyl (C=O) groups is 1. The fourth-order valence-corrected chi connectivity index (χ4v) is 2.48. The van der Waals surface area contributed by atoms with Crippen molar-refractivity contribution in [2.45, 2.75) is 32.2 Å². The normalized spacial score (nSPS) is 12.5. The molecule has 122 valence electrons. The Hall–Kier alpha value is -2.33. The first-order valence-corrected chi connectivity index (χ1v) is 7.74. The Kier molecular flexibility index (Phi) is 5.40.